The van der Waals surface area contributed by atoms with Gasteiger partial charge in [0.1, 0.15) is 12.1 Å². The number of aryl methyl sites for hydroxylation is 1. The van der Waals surface area contributed by atoms with E-state index in [1.54, 1.807) is 17.0 Å². The molecule has 0 spiro atoms. The van der Waals surface area contributed by atoms with E-state index in [1.165, 1.54) is 18.5 Å². The average molecular weight is 319 g/mol. The molecule has 1 fully saturated rings. The van der Waals surface area contributed by atoms with Gasteiger partial charge in [-0.25, -0.2) is 18.7 Å². The second kappa shape index (κ2) is 6.58. The molecule has 3 rings (SSSR count). The fraction of sp³-hybridized carbons (Fsp3) is 0.412. The number of nitrogens with zero attached hydrogens (tertiary/aromatic N) is 3. The molecule has 1 aromatic heterocycles. The lowest BCUT2D eigenvalue weighted by Gasteiger charge is -2.27. The molecule has 0 saturated heterocycles. The van der Waals surface area contributed by atoms with Gasteiger partial charge in [0.05, 0.1) is 11.8 Å². The molecule has 1 aromatic carbocycles. The lowest BCUT2D eigenvalue weighted by Crippen LogP contribution is -2.32. The molecule has 1 aliphatic carbocycles. The van der Waals surface area contributed by atoms with Crippen LogP contribution in [-0.2, 0) is 6.42 Å². The summed E-state index contributed by atoms with van der Waals surface area (Å²) in [7, 11) is 0. The van der Waals surface area contributed by atoms with E-state index in [0.29, 0.717) is 17.7 Å². The van der Waals surface area contributed by atoms with Crippen LogP contribution in [0.25, 0.3) is 0 Å². The molecule has 1 heterocycles. The normalized spacial score (nSPS) is 15.5. The van der Waals surface area contributed by atoms with Gasteiger partial charge >= 0.3 is 0 Å². The predicted octanol–water partition coefficient (Wildman–Crippen LogP) is 3.02. The zero-order chi connectivity index (χ0) is 16.4. The van der Waals surface area contributed by atoms with Gasteiger partial charge in [0.2, 0.25) is 0 Å². The minimum Gasteiger partial charge on any atom is -0.387 e. The van der Waals surface area contributed by atoms with Crippen LogP contribution in [0.15, 0.2) is 30.6 Å². The van der Waals surface area contributed by atoms with Crippen molar-refractivity contribution >= 4 is 5.82 Å². The van der Waals surface area contributed by atoms with Gasteiger partial charge in [0.25, 0.3) is 0 Å². The molecule has 0 bridgehead atoms. The van der Waals surface area contributed by atoms with E-state index in [2.05, 4.69) is 9.97 Å². The van der Waals surface area contributed by atoms with Crippen LogP contribution < -0.4 is 4.90 Å². The first-order valence-corrected chi connectivity index (χ1v) is 7.79. The molecular formula is C17H19F2N3O. The van der Waals surface area contributed by atoms with Gasteiger partial charge < -0.3 is 10.0 Å². The fourth-order valence-electron chi connectivity index (χ4n) is 2.61. The molecule has 1 atom stereocenters. The minimum atomic E-state index is -0.837. The molecule has 1 unspecified atom stereocenters. The van der Waals surface area contributed by atoms with E-state index >= 15 is 0 Å². The maximum Gasteiger partial charge on any atom is 0.187 e. The van der Waals surface area contributed by atoms with Crippen LogP contribution in [-0.4, -0.2) is 27.7 Å². The van der Waals surface area contributed by atoms with Gasteiger partial charge in [-0.15, -0.1) is 0 Å². The summed E-state index contributed by atoms with van der Waals surface area (Å²) >= 11 is 0. The van der Waals surface area contributed by atoms with Crippen molar-refractivity contribution in [1.29, 1.82) is 0 Å². The summed E-state index contributed by atoms with van der Waals surface area (Å²) in [5.41, 5.74) is 0.971. The van der Waals surface area contributed by atoms with Crippen molar-refractivity contribution in [2.24, 2.45) is 0 Å². The maximum absolute atomic E-state index is 14.5. The van der Waals surface area contributed by atoms with Gasteiger partial charge in [-0.2, -0.15) is 0 Å². The zero-order valence-corrected chi connectivity index (χ0v) is 12.9. The van der Waals surface area contributed by atoms with Gasteiger partial charge in [0.15, 0.2) is 11.6 Å². The number of aromatic nitrogens is 2. The second-order valence-electron chi connectivity index (χ2n) is 5.76. The highest BCUT2D eigenvalue weighted by molar-refractivity contribution is 5.44. The van der Waals surface area contributed by atoms with Crippen molar-refractivity contribution in [3.05, 3.63) is 53.5 Å². The fourth-order valence-corrected chi connectivity index (χ4v) is 2.61. The van der Waals surface area contributed by atoms with Gasteiger partial charge in [-0.05, 0) is 37.0 Å². The molecule has 2 aromatic rings. The topological polar surface area (TPSA) is 49.2 Å². The van der Waals surface area contributed by atoms with Crippen molar-refractivity contribution in [2.75, 3.05) is 11.4 Å². The van der Waals surface area contributed by atoms with E-state index in [4.69, 9.17) is 0 Å². The van der Waals surface area contributed by atoms with Gasteiger partial charge in [0, 0.05) is 12.6 Å². The number of anilines is 1. The van der Waals surface area contributed by atoms with Crippen LogP contribution in [0.5, 0.6) is 0 Å². The Kier molecular flexibility index (Phi) is 4.52. The van der Waals surface area contributed by atoms with E-state index < -0.39 is 11.9 Å². The summed E-state index contributed by atoms with van der Waals surface area (Å²) in [5, 5.41) is 10.4. The highest BCUT2D eigenvalue weighted by Gasteiger charge is 2.33. The number of hydrogen-bond acceptors (Lipinski definition) is 4. The van der Waals surface area contributed by atoms with Crippen molar-refractivity contribution < 1.29 is 13.9 Å². The third-order valence-electron chi connectivity index (χ3n) is 4.06. The third-order valence-corrected chi connectivity index (χ3v) is 4.06. The van der Waals surface area contributed by atoms with Crippen molar-refractivity contribution in [2.45, 2.75) is 38.3 Å². The Balaban J connectivity index is 1.84. The zero-order valence-electron chi connectivity index (χ0n) is 12.9. The van der Waals surface area contributed by atoms with Crippen LogP contribution in [0.3, 0.4) is 0 Å². The van der Waals surface area contributed by atoms with Crippen molar-refractivity contribution in [3.63, 3.8) is 0 Å². The van der Waals surface area contributed by atoms with Gasteiger partial charge in [-0.3, -0.25) is 0 Å². The van der Waals surface area contributed by atoms with Crippen LogP contribution in [0.1, 0.15) is 37.1 Å². The van der Waals surface area contributed by atoms with Crippen LogP contribution in [0.2, 0.25) is 0 Å². The molecule has 1 N–H and O–H groups in total. The summed E-state index contributed by atoms with van der Waals surface area (Å²) in [4.78, 5) is 9.82. The highest BCUT2D eigenvalue weighted by atomic mass is 19.1. The quantitative estimate of drug-likeness (QED) is 0.889. The molecule has 0 amide bonds. The lowest BCUT2D eigenvalue weighted by molar-refractivity contribution is 0.182. The molecule has 1 saturated carbocycles. The summed E-state index contributed by atoms with van der Waals surface area (Å²) in [5.74, 6) is -0.539. The smallest absolute Gasteiger partial charge is 0.187 e. The summed E-state index contributed by atoms with van der Waals surface area (Å²) in [6.45, 7) is 2.05. The van der Waals surface area contributed by atoms with E-state index in [1.807, 2.05) is 6.92 Å². The molecule has 23 heavy (non-hydrogen) atoms. The van der Waals surface area contributed by atoms with Crippen LogP contribution >= 0.6 is 0 Å². The number of halogens is 2. The first kappa shape index (κ1) is 15.8. The monoisotopic (exact) mass is 319 g/mol. The number of hydrogen-bond donors (Lipinski definition) is 1. The Bertz CT molecular complexity index is 674. The molecule has 1 aliphatic rings. The first-order chi connectivity index (χ1) is 11.1. The number of rotatable bonds is 6. The number of benzene rings is 1. The molecule has 0 radical (unpaired) electrons. The Morgan fingerprint density at radius 3 is 2.52 bits per heavy atom. The Morgan fingerprint density at radius 2 is 1.91 bits per heavy atom. The molecular weight excluding hydrogens is 300 g/mol. The van der Waals surface area contributed by atoms with E-state index in [-0.39, 0.29) is 24.2 Å². The second-order valence-corrected chi connectivity index (χ2v) is 5.76. The minimum absolute atomic E-state index is 0.180. The molecule has 0 aliphatic heterocycles. The Hall–Kier alpha value is -2.08. The summed E-state index contributed by atoms with van der Waals surface area (Å²) < 4.78 is 27.5. The molecule has 4 nitrogen and oxygen atoms in total. The Morgan fingerprint density at radius 1 is 1.22 bits per heavy atom. The molecule has 122 valence electrons. The van der Waals surface area contributed by atoms with Gasteiger partial charge in [-0.1, -0.05) is 19.1 Å². The van der Waals surface area contributed by atoms with Crippen molar-refractivity contribution in [1.82, 2.24) is 9.97 Å². The van der Waals surface area contributed by atoms with Crippen molar-refractivity contribution in [3.8, 4) is 0 Å². The highest BCUT2D eigenvalue weighted by Crippen LogP contribution is 2.34. The summed E-state index contributed by atoms with van der Waals surface area (Å²) in [6, 6.07) is 5.87. The summed E-state index contributed by atoms with van der Waals surface area (Å²) in [6.07, 6.45) is 2.90. The van der Waals surface area contributed by atoms with E-state index in [9.17, 15) is 13.9 Å². The van der Waals surface area contributed by atoms with Crippen LogP contribution in [0, 0.1) is 11.6 Å². The van der Waals surface area contributed by atoms with E-state index in [0.717, 1.165) is 12.8 Å². The Labute approximate surface area is 133 Å². The SMILES string of the molecule is CCc1ncnc(N(CC(O)c2ccc(F)cc2)C2CC2)c1F. The molecule has 6 heteroatoms. The maximum atomic E-state index is 14.5. The first-order valence-electron chi connectivity index (χ1n) is 7.79. The standard InChI is InChI=1S/C17H19F2N3O/c1-2-14-16(19)17(21-10-20-14)22(13-7-8-13)9-15(23)11-3-5-12(18)6-4-11/h3-6,10,13,15,23H,2,7-9H2,1H3. The third kappa shape index (κ3) is 3.47. The lowest BCUT2D eigenvalue weighted by atomic mass is 10.1. The predicted molar refractivity (Wildman–Crippen MR) is 83.1 cm³/mol. The number of aliphatic hydroxyl groups is 1. The average Bonchev–Trinajstić information content (AvgIpc) is 3.38. The largest absolute Gasteiger partial charge is 0.387 e. The van der Waals surface area contributed by atoms with Crippen LogP contribution in [0.4, 0.5) is 14.6 Å². The number of aliphatic hydroxyl groups excluding tert-OH is 1.